The predicted molar refractivity (Wildman–Crippen MR) is 82.1 cm³/mol. The van der Waals surface area contributed by atoms with Gasteiger partial charge in [-0.25, -0.2) is 0 Å². The van der Waals surface area contributed by atoms with Crippen LogP contribution in [-0.2, 0) is 11.3 Å². The number of phenols is 2. The Morgan fingerprint density at radius 2 is 1.64 bits per heavy atom. The molecule has 2 aromatic carbocycles. The Bertz CT molecular complexity index is 786. The Morgan fingerprint density at radius 3 is 2.24 bits per heavy atom. The third-order valence-electron chi connectivity index (χ3n) is 3.06. The van der Waals surface area contributed by atoms with Gasteiger partial charge in [0, 0.05) is 23.9 Å². The van der Waals surface area contributed by atoms with E-state index < -0.39 is 18.0 Å². The van der Waals surface area contributed by atoms with Gasteiger partial charge in [-0.05, 0) is 29.8 Å². The van der Waals surface area contributed by atoms with E-state index in [4.69, 9.17) is 0 Å². The summed E-state index contributed by atoms with van der Waals surface area (Å²) < 4.78 is 36.7. The number of anilines is 1. The summed E-state index contributed by atoms with van der Waals surface area (Å²) in [6.45, 7) is -0.0367. The molecule has 0 radical (unpaired) electrons. The third kappa shape index (κ3) is 5.13. The number of rotatable bonds is 4. The lowest BCUT2D eigenvalue weighted by Crippen LogP contribution is -2.30. The zero-order chi connectivity index (χ0) is 18.6. The number of carbonyl (C=O) groups is 2. The molecule has 0 aliphatic rings. The highest BCUT2D eigenvalue weighted by Gasteiger charge is 2.38. The van der Waals surface area contributed by atoms with Crippen LogP contribution in [0.25, 0.3) is 0 Å². The van der Waals surface area contributed by atoms with Gasteiger partial charge in [-0.15, -0.1) is 0 Å². The fourth-order valence-corrected chi connectivity index (χ4v) is 1.97. The number of nitrogens with one attached hydrogen (secondary N) is 2. The minimum absolute atomic E-state index is 0.0130. The van der Waals surface area contributed by atoms with Crippen molar-refractivity contribution in [2.24, 2.45) is 0 Å². The number of alkyl halides is 3. The number of carbonyl (C=O) groups excluding carboxylic acids is 2. The van der Waals surface area contributed by atoms with Gasteiger partial charge in [-0.2, -0.15) is 13.2 Å². The molecule has 0 aliphatic carbocycles. The van der Waals surface area contributed by atoms with Crippen molar-refractivity contribution < 1.29 is 33.0 Å². The molecule has 9 heteroatoms. The van der Waals surface area contributed by atoms with Crippen molar-refractivity contribution in [2.75, 3.05) is 5.32 Å². The maximum atomic E-state index is 12.2. The molecular weight excluding hydrogens is 341 g/mol. The van der Waals surface area contributed by atoms with E-state index in [0.717, 1.165) is 18.2 Å². The summed E-state index contributed by atoms with van der Waals surface area (Å²) in [5.74, 6) is -3.27. The second-order valence-corrected chi connectivity index (χ2v) is 5.07. The van der Waals surface area contributed by atoms with Crippen LogP contribution in [0.2, 0.25) is 0 Å². The fraction of sp³-hybridized carbons (Fsp3) is 0.125. The summed E-state index contributed by atoms with van der Waals surface area (Å²) in [4.78, 5) is 22.9. The molecule has 25 heavy (non-hydrogen) atoms. The van der Waals surface area contributed by atoms with Crippen LogP contribution in [0.4, 0.5) is 18.9 Å². The molecule has 0 aromatic heterocycles. The quantitative estimate of drug-likeness (QED) is 0.678. The van der Waals surface area contributed by atoms with E-state index in [9.17, 15) is 33.0 Å². The standard InChI is InChI=1S/C16H13F3N2O4/c17-16(18,19)15(25)21-11-3-1-2-9(4-11)8-20-14(24)10-5-12(22)7-13(23)6-10/h1-7,22-23H,8H2,(H,20,24)(H,21,25). The van der Waals surface area contributed by atoms with Crippen molar-refractivity contribution in [3.63, 3.8) is 0 Å². The zero-order valence-electron chi connectivity index (χ0n) is 12.6. The molecule has 0 unspecified atom stereocenters. The maximum Gasteiger partial charge on any atom is 0.471 e. The van der Waals surface area contributed by atoms with Crippen molar-refractivity contribution in [1.82, 2.24) is 5.32 Å². The van der Waals surface area contributed by atoms with Crippen LogP contribution in [0.3, 0.4) is 0 Å². The largest absolute Gasteiger partial charge is 0.508 e. The van der Waals surface area contributed by atoms with Crippen molar-refractivity contribution in [1.29, 1.82) is 0 Å². The van der Waals surface area contributed by atoms with Gasteiger partial charge in [0.15, 0.2) is 0 Å². The van der Waals surface area contributed by atoms with E-state index in [1.807, 2.05) is 0 Å². The van der Waals surface area contributed by atoms with Gasteiger partial charge >= 0.3 is 12.1 Å². The summed E-state index contributed by atoms with van der Waals surface area (Å²) in [7, 11) is 0. The van der Waals surface area contributed by atoms with Gasteiger partial charge in [-0.1, -0.05) is 12.1 Å². The molecule has 2 amide bonds. The molecular formula is C16H13F3N2O4. The van der Waals surface area contributed by atoms with E-state index in [-0.39, 0.29) is 29.3 Å². The molecule has 0 bridgehead atoms. The van der Waals surface area contributed by atoms with E-state index in [2.05, 4.69) is 5.32 Å². The highest BCUT2D eigenvalue weighted by molar-refractivity contribution is 5.95. The van der Waals surface area contributed by atoms with Gasteiger partial charge in [-0.3, -0.25) is 9.59 Å². The number of hydrogen-bond acceptors (Lipinski definition) is 4. The predicted octanol–water partition coefficient (Wildman–Crippen LogP) is 2.53. The second-order valence-electron chi connectivity index (χ2n) is 5.07. The SMILES string of the molecule is O=C(NCc1cccc(NC(=O)C(F)(F)F)c1)c1cc(O)cc(O)c1. The Kier molecular flexibility index (Phi) is 5.16. The van der Waals surface area contributed by atoms with Crippen LogP contribution in [-0.4, -0.2) is 28.2 Å². The van der Waals surface area contributed by atoms with Crippen molar-refractivity contribution in [3.05, 3.63) is 53.6 Å². The smallest absolute Gasteiger partial charge is 0.471 e. The van der Waals surface area contributed by atoms with Gasteiger partial charge in [0.2, 0.25) is 0 Å². The van der Waals surface area contributed by atoms with Crippen LogP contribution in [0, 0.1) is 0 Å². The van der Waals surface area contributed by atoms with Crippen molar-refractivity contribution in [2.45, 2.75) is 12.7 Å². The fourth-order valence-electron chi connectivity index (χ4n) is 1.97. The molecule has 0 heterocycles. The van der Waals surface area contributed by atoms with Crippen LogP contribution >= 0.6 is 0 Å². The van der Waals surface area contributed by atoms with Gasteiger partial charge in [0.25, 0.3) is 5.91 Å². The van der Waals surface area contributed by atoms with Crippen LogP contribution < -0.4 is 10.6 Å². The minimum Gasteiger partial charge on any atom is -0.508 e. The highest BCUT2D eigenvalue weighted by atomic mass is 19.4. The summed E-state index contributed by atoms with van der Waals surface area (Å²) >= 11 is 0. The molecule has 6 nitrogen and oxygen atoms in total. The molecule has 0 saturated heterocycles. The van der Waals surface area contributed by atoms with E-state index in [1.54, 1.807) is 11.4 Å². The molecule has 0 fully saturated rings. The van der Waals surface area contributed by atoms with Crippen LogP contribution in [0.5, 0.6) is 11.5 Å². The Hall–Kier alpha value is -3.23. The molecule has 2 rings (SSSR count). The number of hydrogen-bond donors (Lipinski definition) is 4. The van der Waals surface area contributed by atoms with Gasteiger partial charge in [0.05, 0.1) is 0 Å². The first-order valence-corrected chi connectivity index (χ1v) is 6.93. The molecule has 0 atom stereocenters. The topological polar surface area (TPSA) is 98.7 Å². The first-order chi connectivity index (χ1) is 11.6. The summed E-state index contributed by atoms with van der Waals surface area (Å²) in [5.41, 5.74) is 0.390. The highest BCUT2D eigenvalue weighted by Crippen LogP contribution is 2.21. The molecule has 0 aliphatic heterocycles. The van der Waals surface area contributed by atoms with E-state index in [0.29, 0.717) is 5.56 Å². The minimum atomic E-state index is -5.00. The molecule has 2 aromatic rings. The monoisotopic (exact) mass is 354 g/mol. The number of phenolic OH excluding ortho intramolecular Hbond substituents is 2. The van der Waals surface area contributed by atoms with Crippen molar-refractivity contribution in [3.8, 4) is 11.5 Å². The average Bonchev–Trinajstić information content (AvgIpc) is 2.51. The first kappa shape index (κ1) is 18.1. The number of amides is 2. The second kappa shape index (κ2) is 7.12. The normalized spacial score (nSPS) is 11.0. The Morgan fingerprint density at radius 1 is 1.00 bits per heavy atom. The lowest BCUT2D eigenvalue weighted by Gasteiger charge is -2.10. The molecule has 0 spiro atoms. The van der Waals surface area contributed by atoms with Gasteiger partial charge in [0.1, 0.15) is 11.5 Å². The van der Waals surface area contributed by atoms with E-state index >= 15 is 0 Å². The van der Waals surface area contributed by atoms with Crippen molar-refractivity contribution >= 4 is 17.5 Å². The third-order valence-corrected chi connectivity index (χ3v) is 3.06. The molecule has 132 valence electrons. The van der Waals surface area contributed by atoms with Gasteiger partial charge < -0.3 is 20.8 Å². The van der Waals surface area contributed by atoms with Crippen LogP contribution in [0.15, 0.2) is 42.5 Å². The lowest BCUT2D eigenvalue weighted by atomic mass is 10.1. The molecule has 0 saturated carbocycles. The Balaban J connectivity index is 2.02. The van der Waals surface area contributed by atoms with E-state index in [1.165, 1.54) is 18.2 Å². The van der Waals surface area contributed by atoms with Crippen LogP contribution in [0.1, 0.15) is 15.9 Å². The maximum absolute atomic E-state index is 12.2. The lowest BCUT2D eigenvalue weighted by molar-refractivity contribution is -0.167. The molecule has 4 N–H and O–H groups in total. The summed E-state index contributed by atoms with van der Waals surface area (Å²) in [6, 6.07) is 8.89. The number of halogens is 3. The Labute approximate surface area is 139 Å². The number of benzene rings is 2. The summed E-state index contributed by atoms with van der Waals surface area (Å²) in [6.07, 6.45) is -5.00. The average molecular weight is 354 g/mol. The number of aromatic hydroxyl groups is 2. The summed E-state index contributed by atoms with van der Waals surface area (Å²) in [5, 5.41) is 22.9. The zero-order valence-corrected chi connectivity index (χ0v) is 12.6. The first-order valence-electron chi connectivity index (χ1n) is 6.93.